The number of piperazine rings is 1. The number of alkyl halides is 3. The summed E-state index contributed by atoms with van der Waals surface area (Å²) < 4.78 is 46.4. The van der Waals surface area contributed by atoms with Gasteiger partial charge < -0.3 is 4.74 Å². The Kier molecular flexibility index (Phi) is 8.26. The summed E-state index contributed by atoms with van der Waals surface area (Å²) in [5, 5.41) is 0. The molecule has 2 aromatic rings. The van der Waals surface area contributed by atoms with E-state index in [0.29, 0.717) is 19.4 Å². The van der Waals surface area contributed by atoms with E-state index >= 15 is 0 Å². The third-order valence-electron chi connectivity index (χ3n) is 7.46. The molecule has 2 saturated heterocycles. The number of rotatable bonds is 7. The summed E-state index contributed by atoms with van der Waals surface area (Å²) in [4.78, 5) is 23.3. The summed E-state index contributed by atoms with van der Waals surface area (Å²) >= 11 is 0. The van der Waals surface area contributed by atoms with Crippen molar-refractivity contribution in [3.05, 3.63) is 59.8 Å². The summed E-state index contributed by atoms with van der Waals surface area (Å²) in [5.41, 5.74) is -0.564. The minimum Gasteiger partial charge on any atom is -0.375 e. The number of anilines is 1. The molecule has 0 radical (unpaired) electrons. The highest BCUT2D eigenvalue weighted by atomic mass is 19.4. The van der Waals surface area contributed by atoms with Gasteiger partial charge in [-0.05, 0) is 44.4 Å². The lowest BCUT2D eigenvalue weighted by Crippen LogP contribution is -2.65. The Morgan fingerprint density at radius 1 is 1.05 bits per heavy atom. The average Bonchev–Trinajstić information content (AvgIpc) is 2.87. The number of carbonyl (C=O) groups is 1. The van der Waals surface area contributed by atoms with Crippen molar-refractivity contribution in [2.75, 3.05) is 44.2 Å². The van der Waals surface area contributed by atoms with E-state index in [0.717, 1.165) is 38.8 Å². The molecule has 2 aliphatic rings. The van der Waals surface area contributed by atoms with E-state index in [-0.39, 0.29) is 24.7 Å². The van der Waals surface area contributed by atoms with Gasteiger partial charge in [0.2, 0.25) is 5.91 Å². The molecule has 0 spiro atoms. The molecule has 0 N–H and O–H groups in total. The molecule has 4 rings (SSSR count). The van der Waals surface area contributed by atoms with Crippen molar-refractivity contribution < 1.29 is 22.7 Å². The van der Waals surface area contributed by atoms with Gasteiger partial charge in [0.15, 0.2) is 0 Å². The van der Waals surface area contributed by atoms with Gasteiger partial charge in [0.1, 0.15) is 11.5 Å². The topological polar surface area (TPSA) is 48.9 Å². The van der Waals surface area contributed by atoms with E-state index in [9.17, 15) is 18.0 Å². The lowest BCUT2D eigenvalue weighted by Gasteiger charge is -2.54. The van der Waals surface area contributed by atoms with Crippen LogP contribution in [0.15, 0.2) is 48.5 Å². The molecule has 0 saturated carbocycles. The van der Waals surface area contributed by atoms with E-state index in [1.165, 1.54) is 22.6 Å². The molecule has 202 valence electrons. The second kappa shape index (κ2) is 11.1. The molecule has 2 fully saturated rings. The van der Waals surface area contributed by atoms with Gasteiger partial charge in [-0.1, -0.05) is 43.3 Å². The van der Waals surface area contributed by atoms with E-state index in [4.69, 9.17) is 4.74 Å². The Bertz CT molecular complexity index is 1050. The lowest BCUT2D eigenvalue weighted by molar-refractivity contribution is -0.141. The first-order valence-electron chi connectivity index (χ1n) is 13.0. The summed E-state index contributed by atoms with van der Waals surface area (Å²) in [6, 6.07) is 14.1. The number of hydrogen-bond donors (Lipinski definition) is 0. The van der Waals surface area contributed by atoms with Gasteiger partial charge in [-0.3, -0.25) is 19.5 Å². The van der Waals surface area contributed by atoms with E-state index in [1.807, 2.05) is 32.0 Å². The van der Waals surface area contributed by atoms with Crippen LogP contribution in [0.1, 0.15) is 51.3 Å². The summed E-state index contributed by atoms with van der Waals surface area (Å²) in [5.74, 6) is -0.189. The first-order chi connectivity index (χ1) is 17.5. The van der Waals surface area contributed by atoms with Crippen LogP contribution in [-0.2, 0) is 22.3 Å². The van der Waals surface area contributed by atoms with Crippen molar-refractivity contribution in [1.29, 1.82) is 0 Å². The van der Waals surface area contributed by atoms with Gasteiger partial charge in [-0.15, -0.1) is 0 Å². The highest BCUT2D eigenvalue weighted by molar-refractivity contribution is 5.92. The normalized spacial score (nSPS) is 23.1. The maximum Gasteiger partial charge on any atom is 0.433 e. The third kappa shape index (κ3) is 6.69. The number of aromatic nitrogens is 1. The average molecular weight is 519 g/mol. The highest BCUT2D eigenvalue weighted by Crippen LogP contribution is 2.39. The second-order valence-corrected chi connectivity index (χ2v) is 10.7. The van der Waals surface area contributed by atoms with Crippen molar-refractivity contribution in [2.45, 2.75) is 63.9 Å². The molecule has 1 aromatic carbocycles. The van der Waals surface area contributed by atoms with Crippen LogP contribution in [0.4, 0.5) is 19.0 Å². The molecule has 3 heterocycles. The zero-order valence-electron chi connectivity index (χ0n) is 21.9. The Labute approximate surface area is 217 Å². The van der Waals surface area contributed by atoms with Crippen LogP contribution < -0.4 is 4.90 Å². The fourth-order valence-electron chi connectivity index (χ4n) is 5.69. The number of halogens is 3. The van der Waals surface area contributed by atoms with E-state index in [2.05, 4.69) is 26.9 Å². The molecule has 2 aliphatic heterocycles. The Morgan fingerprint density at radius 3 is 2.38 bits per heavy atom. The Hall–Kier alpha value is -2.49. The Balaban J connectivity index is 1.59. The van der Waals surface area contributed by atoms with E-state index < -0.39 is 23.0 Å². The third-order valence-corrected chi connectivity index (χ3v) is 7.46. The highest BCUT2D eigenvalue weighted by Gasteiger charge is 2.47. The molecule has 1 atom stereocenters. The van der Waals surface area contributed by atoms with Crippen LogP contribution in [0.5, 0.6) is 0 Å². The van der Waals surface area contributed by atoms with Crippen molar-refractivity contribution in [1.82, 2.24) is 14.8 Å². The van der Waals surface area contributed by atoms with Crippen molar-refractivity contribution in [2.24, 2.45) is 0 Å². The number of ether oxygens (including phenoxy) is 1. The molecule has 1 unspecified atom stereocenters. The first-order valence-corrected chi connectivity index (χ1v) is 13.0. The quantitative estimate of drug-likeness (QED) is 0.517. The minimum atomic E-state index is -4.58. The fraction of sp³-hybridized carbons (Fsp3) is 0.571. The second-order valence-electron chi connectivity index (χ2n) is 10.7. The molecule has 0 aliphatic carbocycles. The molecule has 1 amide bonds. The van der Waals surface area contributed by atoms with Gasteiger partial charge in [-0.25, -0.2) is 4.98 Å². The molecule has 6 nitrogen and oxygen atoms in total. The molecule has 0 bridgehead atoms. The van der Waals surface area contributed by atoms with Crippen LogP contribution in [0, 0.1) is 0 Å². The summed E-state index contributed by atoms with van der Waals surface area (Å²) in [6.45, 7) is 10.9. The van der Waals surface area contributed by atoms with Crippen molar-refractivity contribution in [3.8, 4) is 0 Å². The Morgan fingerprint density at radius 2 is 1.76 bits per heavy atom. The number of nitrogens with zero attached hydrogens (tertiary/aromatic N) is 4. The van der Waals surface area contributed by atoms with Crippen molar-refractivity contribution in [3.63, 3.8) is 0 Å². The number of hydrogen-bond acceptors (Lipinski definition) is 5. The van der Waals surface area contributed by atoms with Crippen LogP contribution in [0.3, 0.4) is 0 Å². The monoisotopic (exact) mass is 518 g/mol. The molecule has 37 heavy (non-hydrogen) atoms. The van der Waals surface area contributed by atoms with Crippen LogP contribution in [0.2, 0.25) is 0 Å². The summed E-state index contributed by atoms with van der Waals surface area (Å²) in [7, 11) is 0. The SMILES string of the molecule is CCC(=O)N(CC1(N2CCN(Cc3ccccc3)CC2)CCOC(C)(C)C1)c1cccc(C(F)(F)F)n1. The zero-order chi connectivity index (χ0) is 26.7. The van der Waals surface area contributed by atoms with Gasteiger partial charge >= 0.3 is 6.18 Å². The molecule has 9 heteroatoms. The number of amides is 1. The first kappa shape index (κ1) is 27.5. The summed E-state index contributed by atoms with van der Waals surface area (Å²) in [6.07, 6.45) is -3.03. The van der Waals surface area contributed by atoms with Crippen molar-refractivity contribution >= 4 is 11.7 Å². The van der Waals surface area contributed by atoms with Crippen LogP contribution >= 0.6 is 0 Å². The van der Waals surface area contributed by atoms with Gasteiger partial charge in [0.25, 0.3) is 0 Å². The molecular formula is C28H37F3N4O2. The minimum absolute atomic E-state index is 0.0491. The predicted octanol–water partition coefficient (Wildman–Crippen LogP) is 4.99. The van der Waals surface area contributed by atoms with Gasteiger partial charge in [0, 0.05) is 57.8 Å². The smallest absolute Gasteiger partial charge is 0.375 e. The maximum atomic E-state index is 13.4. The van der Waals surface area contributed by atoms with Gasteiger partial charge in [0.05, 0.1) is 5.60 Å². The predicted molar refractivity (Wildman–Crippen MR) is 137 cm³/mol. The fourth-order valence-corrected chi connectivity index (χ4v) is 5.69. The molecular weight excluding hydrogens is 481 g/mol. The lowest BCUT2D eigenvalue weighted by atomic mass is 9.78. The number of benzene rings is 1. The van der Waals surface area contributed by atoms with E-state index in [1.54, 1.807) is 6.92 Å². The number of pyridine rings is 1. The standard InChI is InChI=1S/C28H37F3N4O2/c1-4-25(36)35(24-12-8-11-23(32-24)28(29,30)31)21-27(13-18-37-26(2,3)20-27)34-16-14-33(15-17-34)19-22-9-6-5-7-10-22/h5-12H,4,13-21H2,1-3H3. The van der Waals surface area contributed by atoms with Crippen LogP contribution in [0.25, 0.3) is 0 Å². The zero-order valence-corrected chi connectivity index (χ0v) is 21.9. The maximum absolute atomic E-state index is 13.4. The molecule has 1 aromatic heterocycles. The largest absolute Gasteiger partial charge is 0.433 e. The number of carbonyl (C=O) groups excluding carboxylic acids is 1. The van der Waals surface area contributed by atoms with Gasteiger partial charge in [-0.2, -0.15) is 13.2 Å². The van der Waals surface area contributed by atoms with Crippen LogP contribution in [-0.4, -0.2) is 71.2 Å².